The van der Waals surface area contributed by atoms with E-state index < -0.39 is 11.4 Å². The lowest BCUT2D eigenvalue weighted by Gasteiger charge is -2.07. The van der Waals surface area contributed by atoms with Crippen molar-refractivity contribution in [1.29, 1.82) is 5.26 Å². The zero-order chi connectivity index (χ0) is 13.5. The van der Waals surface area contributed by atoms with Crippen LogP contribution < -0.4 is 0 Å². The molecule has 0 radical (unpaired) electrons. The molecule has 1 aliphatic rings. The topological polar surface area (TPSA) is 67.9 Å². The number of ether oxygens (including phenoxy) is 1. The van der Waals surface area contributed by atoms with Crippen LogP contribution in [-0.2, 0) is 17.2 Å². The summed E-state index contributed by atoms with van der Waals surface area (Å²) in [6.45, 7) is 4.03. The lowest BCUT2D eigenvalue weighted by atomic mass is 10.0. The van der Waals surface area contributed by atoms with E-state index in [2.05, 4.69) is 11.1 Å². The number of rotatable bonds is 3. The summed E-state index contributed by atoms with van der Waals surface area (Å²) in [6.07, 6.45) is 1.53. The minimum atomic E-state index is -0.575. The summed E-state index contributed by atoms with van der Waals surface area (Å²) < 4.78 is 6.56. The van der Waals surface area contributed by atoms with Crippen LogP contribution in [0.5, 0.6) is 0 Å². The molecule has 1 aromatic heterocycles. The van der Waals surface area contributed by atoms with Gasteiger partial charge >= 0.3 is 5.97 Å². The number of esters is 1. The maximum Gasteiger partial charge on any atom is 0.356 e. The van der Waals surface area contributed by atoms with Gasteiger partial charge in [0.15, 0.2) is 5.69 Å². The fourth-order valence-electron chi connectivity index (χ4n) is 2.22. The van der Waals surface area contributed by atoms with Crippen LogP contribution >= 0.6 is 0 Å². The van der Waals surface area contributed by atoms with Crippen molar-refractivity contribution in [2.75, 3.05) is 7.11 Å². The van der Waals surface area contributed by atoms with Gasteiger partial charge in [0.25, 0.3) is 0 Å². The van der Waals surface area contributed by atoms with E-state index in [0.717, 1.165) is 18.7 Å². The van der Waals surface area contributed by atoms with Gasteiger partial charge in [-0.2, -0.15) is 5.26 Å². The molecule has 0 saturated heterocycles. The minimum Gasteiger partial charge on any atom is -0.464 e. The van der Waals surface area contributed by atoms with Gasteiger partial charge in [0.1, 0.15) is 11.2 Å². The second-order valence-corrected chi connectivity index (χ2v) is 5.07. The van der Waals surface area contributed by atoms with E-state index in [1.165, 1.54) is 7.11 Å². The molecule has 18 heavy (non-hydrogen) atoms. The smallest absolute Gasteiger partial charge is 0.356 e. The Hall–Kier alpha value is -1.83. The van der Waals surface area contributed by atoms with E-state index in [-0.39, 0.29) is 5.92 Å². The third-order valence-corrected chi connectivity index (χ3v) is 3.44. The first kappa shape index (κ1) is 12.6. The van der Waals surface area contributed by atoms with Crippen LogP contribution in [0.2, 0.25) is 0 Å². The molecule has 0 atom stereocenters. The van der Waals surface area contributed by atoms with E-state index in [4.69, 9.17) is 4.74 Å². The van der Waals surface area contributed by atoms with E-state index in [0.29, 0.717) is 11.4 Å². The van der Waals surface area contributed by atoms with Crippen LogP contribution in [0.4, 0.5) is 0 Å². The number of nitrogens with zero attached hydrogens (tertiary/aromatic N) is 3. The molecule has 1 aromatic rings. The van der Waals surface area contributed by atoms with Crippen molar-refractivity contribution in [1.82, 2.24) is 9.55 Å². The van der Waals surface area contributed by atoms with E-state index in [1.807, 2.05) is 13.8 Å². The molecule has 2 rings (SSSR count). The zero-order valence-corrected chi connectivity index (χ0v) is 11.1. The lowest BCUT2D eigenvalue weighted by molar-refractivity contribution is 0.0587. The molecule has 5 heteroatoms. The molecule has 0 aromatic carbocycles. The first-order valence-corrected chi connectivity index (χ1v) is 6.03. The number of carbonyl (C=O) groups is 1. The van der Waals surface area contributed by atoms with E-state index in [1.54, 1.807) is 11.6 Å². The summed E-state index contributed by atoms with van der Waals surface area (Å²) in [7, 11) is 3.14. The van der Waals surface area contributed by atoms with Gasteiger partial charge < -0.3 is 9.30 Å². The molecular weight excluding hydrogens is 230 g/mol. The quantitative estimate of drug-likeness (QED) is 0.765. The summed E-state index contributed by atoms with van der Waals surface area (Å²) in [5.41, 5.74) is 0.428. The monoisotopic (exact) mass is 247 g/mol. The van der Waals surface area contributed by atoms with E-state index in [9.17, 15) is 10.1 Å². The normalized spacial score (nSPS) is 16.4. The molecule has 0 amide bonds. The molecule has 0 N–H and O–H groups in total. The summed E-state index contributed by atoms with van der Waals surface area (Å²) >= 11 is 0. The first-order valence-electron chi connectivity index (χ1n) is 6.03. The third-order valence-electron chi connectivity index (χ3n) is 3.44. The van der Waals surface area contributed by atoms with Crippen LogP contribution in [-0.4, -0.2) is 22.6 Å². The van der Waals surface area contributed by atoms with Crippen molar-refractivity contribution < 1.29 is 9.53 Å². The van der Waals surface area contributed by atoms with Gasteiger partial charge in [-0.25, -0.2) is 9.78 Å². The maximum absolute atomic E-state index is 11.9. The maximum atomic E-state index is 11.9. The summed E-state index contributed by atoms with van der Waals surface area (Å²) in [4.78, 5) is 16.4. The summed E-state index contributed by atoms with van der Waals surface area (Å²) in [6, 6.07) is 2.28. The molecular formula is C13H17N3O2. The Morgan fingerprint density at radius 1 is 1.56 bits per heavy atom. The van der Waals surface area contributed by atoms with Gasteiger partial charge in [-0.1, -0.05) is 13.8 Å². The highest BCUT2D eigenvalue weighted by molar-refractivity contribution is 5.90. The van der Waals surface area contributed by atoms with Crippen LogP contribution in [0, 0.1) is 11.3 Å². The Morgan fingerprint density at radius 2 is 2.17 bits per heavy atom. The van der Waals surface area contributed by atoms with Crippen molar-refractivity contribution in [3.8, 4) is 6.07 Å². The Bertz CT molecular complexity index is 533. The second-order valence-electron chi connectivity index (χ2n) is 5.07. The minimum absolute atomic E-state index is 0.196. The fraction of sp³-hybridized carbons (Fsp3) is 0.615. The Morgan fingerprint density at radius 3 is 2.56 bits per heavy atom. The molecule has 1 fully saturated rings. The van der Waals surface area contributed by atoms with Crippen molar-refractivity contribution in [2.24, 2.45) is 7.05 Å². The van der Waals surface area contributed by atoms with Crippen molar-refractivity contribution in [2.45, 2.75) is 38.0 Å². The molecule has 0 unspecified atom stereocenters. The molecule has 0 spiro atoms. The largest absolute Gasteiger partial charge is 0.464 e. The Labute approximate surface area is 106 Å². The highest BCUT2D eigenvalue weighted by Crippen LogP contribution is 2.48. The molecule has 1 saturated carbocycles. The van der Waals surface area contributed by atoms with Gasteiger partial charge in [0.2, 0.25) is 0 Å². The predicted octanol–water partition coefficient (Wildman–Crippen LogP) is 1.89. The average molecular weight is 247 g/mol. The van der Waals surface area contributed by atoms with Crippen LogP contribution in [0.25, 0.3) is 0 Å². The van der Waals surface area contributed by atoms with Gasteiger partial charge in [0, 0.05) is 13.0 Å². The summed E-state index contributed by atoms with van der Waals surface area (Å²) in [5.74, 6) is 0.585. The standard InChI is InChI=1S/C13H17N3O2/c1-8(2)11-15-10(13(7-14)5-6-13)9(16(11)3)12(17)18-4/h8H,5-6H2,1-4H3. The number of carbonyl (C=O) groups excluding carboxylic acids is 1. The number of hydrogen-bond acceptors (Lipinski definition) is 4. The number of nitriles is 1. The van der Waals surface area contributed by atoms with Crippen molar-refractivity contribution >= 4 is 5.97 Å². The SMILES string of the molecule is COC(=O)c1c(C2(C#N)CC2)nc(C(C)C)n1C. The van der Waals surface area contributed by atoms with Crippen molar-refractivity contribution in [3.63, 3.8) is 0 Å². The molecule has 1 heterocycles. The summed E-state index contributed by atoms with van der Waals surface area (Å²) in [5, 5.41) is 9.28. The molecule has 5 nitrogen and oxygen atoms in total. The molecule has 96 valence electrons. The van der Waals surface area contributed by atoms with Gasteiger partial charge in [-0.3, -0.25) is 0 Å². The lowest BCUT2D eigenvalue weighted by Crippen LogP contribution is -2.15. The van der Waals surface area contributed by atoms with Gasteiger partial charge in [-0.05, 0) is 12.8 Å². The number of hydrogen-bond donors (Lipinski definition) is 0. The molecule has 1 aliphatic carbocycles. The predicted molar refractivity (Wildman–Crippen MR) is 65.2 cm³/mol. The first-order chi connectivity index (χ1) is 8.46. The number of imidazole rings is 1. The van der Waals surface area contributed by atoms with Crippen LogP contribution in [0.15, 0.2) is 0 Å². The average Bonchev–Trinajstić information content (AvgIpc) is 3.06. The second kappa shape index (κ2) is 4.13. The zero-order valence-electron chi connectivity index (χ0n) is 11.1. The number of methoxy groups -OCH3 is 1. The molecule has 0 aliphatic heterocycles. The third kappa shape index (κ3) is 1.69. The van der Waals surface area contributed by atoms with Crippen LogP contribution in [0.3, 0.4) is 0 Å². The Balaban J connectivity index is 2.62. The van der Waals surface area contributed by atoms with Crippen molar-refractivity contribution in [3.05, 3.63) is 17.2 Å². The van der Waals surface area contributed by atoms with Gasteiger partial charge in [0.05, 0.1) is 18.9 Å². The number of aromatic nitrogens is 2. The highest BCUT2D eigenvalue weighted by Gasteiger charge is 2.50. The van der Waals surface area contributed by atoms with E-state index >= 15 is 0 Å². The van der Waals surface area contributed by atoms with Crippen LogP contribution in [0.1, 0.15) is 54.6 Å². The van der Waals surface area contributed by atoms with Gasteiger partial charge in [-0.15, -0.1) is 0 Å². The molecule has 0 bridgehead atoms. The highest BCUT2D eigenvalue weighted by atomic mass is 16.5. The fourth-order valence-corrected chi connectivity index (χ4v) is 2.22. The Kier molecular flexibility index (Phi) is 2.89.